The third-order valence-corrected chi connectivity index (χ3v) is 2.33. The molecule has 0 aliphatic carbocycles. The van der Waals surface area contributed by atoms with Crippen LogP contribution in [0.15, 0.2) is 34.4 Å². The van der Waals surface area contributed by atoms with Gasteiger partial charge in [-0.1, -0.05) is 23.3 Å². The van der Waals surface area contributed by atoms with Gasteiger partial charge < -0.3 is 5.73 Å². The van der Waals surface area contributed by atoms with E-state index in [4.69, 9.17) is 5.73 Å². The molecule has 0 unspecified atom stereocenters. The molecule has 0 bridgehead atoms. The summed E-state index contributed by atoms with van der Waals surface area (Å²) in [7, 11) is 0. The van der Waals surface area contributed by atoms with Crippen molar-refractivity contribution < 1.29 is 4.79 Å². The summed E-state index contributed by atoms with van der Waals surface area (Å²) in [5, 5.41) is 0. The molecule has 0 saturated carbocycles. The van der Waals surface area contributed by atoms with Crippen molar-refractivity contribution >= 4 is 5.91 Å². The predicted octanol–water partition coefficient (Wildman–Crippen LogP) is 2.72. The Morgan fingerprint density at radius 3 is 1.71 bits per heavy atom. The second-order valence-corrected chi connectivity index (χ2v) is 3.69. The molecule has 0 aromatic heterocycles. The van der Waals surface area contributed by atoms with Gasteiger partial charge in [-0.2, -0.15) is 0 Å². The van der Waals surface area contributed by atoms with Crippen molar-refractivity contribution in [3.05, 3.63) is 34.4 Å². The summed E-state index contributed by atoms with van der Waals surface area (Å²) >= 11 is 0. The van der Waals surface area contributed by atoms with E-state index in [9.17, 15) is 4.79 Å². The highest BCUT2D eigenvalue weighted by Crippen LogP contribution is 2.08. The average molecular weight is 193 g/mol. The van der Waals surface area contributed by atoms with Gasteiger partial charge in [0.05, 0.1) is 0 Å². The summed E-state index contributed by atoms with van der Waals surface area (Å²) in [6.45, 7) is 9.77. The van der Waals surface area contributed by atoms with Crippen LogP contribution in [0.25, 0.3) is 0 Å². The monoisotopic (exact) mass is 193 g/mol. The van der Waals surface area contributed by atoms with Gasteiger partial charge in [0.15, 0.2) is 0 Å². The molecule has 0 fully saturated rings. The molecule has 0 aliphatic heterocycles. The number of hydrogen-bond donors (Lipinski definition) is 1. The first kappa shape index (κ1) is 12.7. The van der Waals surface area contributed by atoms with Crippen LogP contribution in [-0.2, 0) is 4.79 Å². The molecule has 0 aromatic rings. The highest BCUT2D eigenvalue weighted by atomic mass is 16.1. The molecular formula is C12H19NO. The Bertz CT molecular complexity index is 315. The van der Waals surface area contributed by atoms with Gasteiger partial charge in [-0.25, -0.2) is 0 Å². The fraction of sp³-hybridized carbons (Fsp3) is 0.417. The number of amides is 1. The van der Waals surface area contributed by atoms with E-state index < -0.39 is 0 Å². The molecule has 0 aromatic carbocycles. The molecule has 0 saturated heterocycles. The summed E-state index contributed by atoms with van der Waals surface area (Å²) in [5.74, 6) is -0.359. The number of nitrogens with two attached hydrogens (primary N) is 1. The third kappa shape index (κ3) is 4.08. The highest BCUT2D eigenvalue weighted by Gasteiger charge is 1.99. The molecular weight excluding hydrogens is 174 g/mol. The number of allylic oxidation sites excluding steroid dienone is 5. The first-order valence-electron chi connectivity index (χ1n) is 4.65. The van der Waals surface area contributed by atoms with Crippen LogP contribution in [0.1, 0.15) is 34.6 Å². The second-order valence-electron chi connectivity index (χ2n) is 3.69. The molecule has 2 nitrogen and oxygen atoms in total. The third-order valence-electron chi connectivity index (χ3n) is 2.33. The maximum absolute atomic E-state index is 10.8. The van der Waals surface area contributed by atoms with Crippen LogP contribution in [0.4, 0.5) is 0 Å². The Morgan fingerprint density at radius 1 is 0.929 bits per heavy atom. The van der Waals surface area contributed by atoms with Crippen molar-refractivity contribution in [2.24, 2.45) is 5.73 Å². The van der Waals surface area contributed by atoms with Crippen LogP contribution in [-0.4, -0.2) is 5.91 Å². The van der Waals surface area contributed by atoms with E-state index in [0.717, 1.165) is 5.57 Å². The van der Waals surface area contributed by atoms with Crippen molar-refractivity contribution in [1.82, 2.24) is 0 Å². The first-order chi connectivity index (χ1) is 6.36. The Balaban J connectivity index is 4.79. The molecule has 1 amide bonds. The standard InChI is InChI=1S/C12H19NO/c1-8(2)9(3)6-7-10(4)11(5)12(13)14/h6-7H,1-5H3,(H2,13,14)/b7-6?,11-10-. The van der Waals surface area contributed by atoms with Crippen LogP contribution in [0, 0.1) is 0 Å². The molecule has 0 atom stereocenters. The minimum absolute atomic E-state index is 0.359. The molecule has 0 radical (unpaired) electrons. The topological polar surface area (TPSA) is 43.1 Å². The summed E-state index contributed by atoms with van der Waals surface area (Å²) in [6, 6.07) is 0. The van der Waals surface area contributed by atoms with Crippen molar-refractivity contribution in [2.75, 3.05) is 0 Å². The van der Waals surface area contributed by atoms with Gasteiger partial charge in [-0.15, -0.1) is 0 Å². The lowest BCUT2D eigenvalue weighted by molar-refractivity contribution is -0.114. The van der Waals surface area contributed by atoms with Crippen molar-refractivity contribution in [1.29, 1.82) is 0 Å². The zero-order chi connectivity index (χ0) is 11.3. The second kappa shape index (κ2) is 5.43. The number of carbonyl (C=O) groups is 1. The number of primary amides is 1. The Kier molecular flexibility index (Phi) is 4.92. The number of hydrogen-bond acceptors (Lipinski definition) is 1. The van der Waals surface area contributed by atoms with E-state index in [-0.39, 0.29) is 5.91 Å². The SMILES string of the molecule is CC(C)=C(C)C=C/C(C)=C(/C)C(N)=O. The molecule has 0 spiro atoms. The average Bonchev–Trinajstić information content (AvgIpc) is 2.11. The maximum Gasteiger partial charge on any atom is 0.244 e. The molecule has 2 N–H and O–H groups in total. The van der Waals surface area contributed by atoms with Crippen molar-refractivity contribution in [2.45, 2.75) is 34.6 Å². The minimum Gasteiger partial charge on any atom is -0.366 e. The molecule has 0 rings (SSSR count). The van der Waals surface area contributed by atoms with Crippen LogP contribution in [0.3, 0.4) is 0 Å². The number of rotatable bonds is 3. The van der Waals surface area contributed by atoms with Gasteiger partial charge in [0.2, 0.25) is 5.91 Å². The lowest BCUT2D eigenvalue weighted by Crippen LogP contribution is -2.12. The summed E-state index contributed by atoms with van der Waals surface area (Å²) in [5.41, 5.74) is 9.17. The molecule has 2 heteroatoms. The van der Waals surface area contributed by atoms with E-state index >= 15 is 0 Å². The van der Waals surface area contributed by atoms with Gasteiger partial charge in [0, 0.05) is 5.57 Å². The lowest BCUT2D eigenvalue weighted by atomic mass is 10.1. The normalized spacial score (nSPS) is 12.6. The van der Waals surface area contributed by atoms with Crippen molar-refractivity contribution in [3.63, 3.8) is 0 Å². The van der Waals surface area contributed by atoms with Crippen LogP contribution in [0.2, 0.25) is 0 Å². The van der Waals surface area contributed by atoms with Gasteiger partial charge in [0.1, 0.15) is 0 Å². The predicted molar refractivity (Wildman–Crippen MR) is 60.8 cm³/mol. The molecule has 0 heterocycles. The van der Waals surface area contributed by atoms with E-state index in [2.05, 4.69) is 13.8 Å². The largest absolute Gasteiger partial charge is 0.366 e. The van der Waals surface area contributed by atoms with Gasteiger partial charge in [-0.3, -0.25) is 4.79 Å². The molecule has 0 aliphatic rings. The number of carbonyl (C=O) groups excluding carboxylic acids is 1. The van der Waals surface area contributed by atoms with Crippen LogP contribution in [0.5, 0.6) is 0 Å². The zero-order valence-corrected chi connectivity index (χ0v) is 9.64. The highest BCUT2D eigenvalue weighted by molar-refractivity contribution is 5.92. The molecule has 14 heavy (non-hydrogen) atoms. The first-order valence-corrected chi connectivity index (χ1v) is 4.65. The van der Waals surface area contributed by atoms with E-state index in [1.165, 1.54) is 11.1 Å². The smallest absolute Gasteiger partial charge is 0.244 e. The van der Waals surface area contributed by atoms with Crippen LogP contribution >= 0.6 is 0 Å². The summed E-state index contributed by atoms with van der Waals surface area (Å²) in [6.07, 6.45) is 3.92. The van der Waals surface area contributed by atoms with Gasteiger partial charge in [0.25, 0.3) is 0 Å². The van der Waals surface area contributed by atoms with E-state index in [1.54, 1.807) is 6.92 Å². The Hall–Kier alpha value is -1.31. The van der Waals surface area contributed by atoms with Gasteiger partial charge >= 0.3 is 0 Å². The van der Waals surface area contributed by atoms with E-state index in [0.29, 0.717) is 5.57 Å². The van der Waals surface area contributed by atoms with E-state index in [1.807, 2.05) is 26.0 Å². The molecule has 78 valence electrons. The van der Waals surface area contributed by atoms with Crippen molar-refractivity contribution in [3.8, 4) is 0 Å². The minimum atomic E-state index is -0.359. The summed E-state index contributed by atoms with van der Waals surface area (Å²) < 4.78 is 0. The zero-order valence-electron chi connectivity index (χ0n) is 9.64. The van der Waals surface area contributed by atoms with Crippen LogP contribution < -0.4 is 5.73 Å². The fourth-order valence-electron chi connectivity index (χ4n) is 0.736. The lowest BCUT2D eigenvalue weighted by Gasteiger charge is -1.99. The summed E-state index contributed by atoms with van der Waals surface area (Å²) in [4.78, 5) is 10.8. The van der Waals surface area contributed by atoms with Gasteiger partial charge in [-0.05, 0) is 40.2 Å². The quantitative estimate of drug-likeness (QED) is 0.543. The fourth-order valence-corrected chi connectivity index (χ4v) is 0.736. The Morgan fingerprint density at radius 2 is 1.36 bits per heavy atom. The maximum atomic E-state index is 10.8. The Labute approximate surface area is 86.2 Å².